The van der Waals surface area contributed by atoms with Crippen LogP contribution >= 0.6 is 23.2 Å². The Labute approximate surface area is 193 Å². The van der Waals surface area contributed by atoms with Gasteiger partial charge in [-0.3, -0.25) is 9.59 Å². The molecule has 1 aromatic heterocycles. The molecule has 4 aromatic rings. The summed E-state index contributed by atoms with van der Waals surface area (Å²) in [5.74, 6) is -0.675. The zero-order valence-electron chi connectivity index (χ0n) is 16.5. The highest BCUT2D eigenvalue weighted by atomic mass is 35.5. The van der Waals surface area contributed by atoms with Gasteiger partial charge in [-0.2, -0.15) is 10.2 Å². The van der Waals surface area contributed by atoms with Gasteiger partial charge >= 0.3 is 0 Å². The highest BCUT2D eigenvalue weighted by Gasteiger charge is 2.22. The van der Waals surface area contributed by atoms with Gasteiger partial charge in [0, 0.05) is 21.7 Å². The summed E-state index contributed by atoms with van der Waals surface area (Å²) in [6.45, 7) is 0. The predicted octanol–water partition coefficient (Wildman–Crippen LogP) is 5.17. The fraction of sp³-hybridized carbons (Fsp3) is 0. The molecule has 0 aliphatic rings. The van der Waals surface area contributed by atoms with Crippen molar-refractivity contribution in [3.05, 3.63) is 110 Å². The molecule has 2 N–H and O–H groups in total. The number of hydrazone groups is 1. The minimum atomic E-state index is -0.675. The monoisotopic (exact) mass is 462 g/mol. The average molecular weight is 463 g/mol. The van der Waals surface area contributed by atoms with Crippen LogP contribution in [0.1, 0.15) is 15.9 Å². The normalized spacial score (nSPS) is 10.9. The van der Waals surface area contributed by atoms with Crippen LogP contribution in [-0.4, -0.2) is 22.3 Å². The molecule has 158 valence electrons. The van der Waals surface area contributed by atoms with Crippen molar-refractivity contribution in [2.45, 2.75) is 0 Å². The van der Waals surface area contributed by atoms with Gasteiger partial charge in [-0.15, -0.1) is 0 Å². The predicted molar refractivity (Wildman–Crippen MR) is 127 cm³/mol. The van der Waals surface area contributed by atoms with Gasteiger partial charge in [-0.1, -0.05) is 89.9 Å². The van der Waals surface area contributed by atoms with Gasteiger partial charge in [-0.05, 0) is 17.7 Å². The van der Waals surface area contributed by atoms with E-state index in [1.54, 1.807) is 18.2 Å². The van der Waals surface area contributed by atoms with E-state index in [4.69, 9.17) is 23.2 Å². The van der Waals surface area contributed by atoms with Crippen LogP contribution in [0.2, 0.25) is 10.0 Å². The van der Waals surface area contributed by atoms with Gasteiger partial charge in [-0.25, -0.2) is 10.5 Å². The third-order valence-corrected chi connectivity index (χ3v) is 5.21. The van der Waals surface area contributed by atoms with E-state index < -0.39 is 11.5 Å². The van der Waals surface area contributed by atoms with Crippen molar-refractivity contribution in [1.82, 2.24) is 15.6 Å². The van der Waals surface area contributed by atoms with E-state index >= 15 is 0 Å². The van der Waals surface area contributed by atoms with Crippen LogP contribution in [0.5, 0.6) is 0 Å². The second-order valence-corrected chi connectivity index (χ2v) is 7.59. The van der Waals surface area contributed by atoms with E-state index in [1.165, 1.54) is 6.21 Å². The van der Waals surface area contributed by atoms with E-state index in [-0.39, 0.29) is 5.56 Å². The smallest absolute Gasteiger partial charge is 0.267 e. The lowest BCUT2D eigenvalue weighted by atomic mass is 9.95. The Bertz CT molecular complexity index is 1350. The molecule has 0 unspecified atom stereocenters. The lowest BCUT2D eigenvalue weighted by Gasteiger charge is -2.12. The number of aromatic nitrogens is 2. The summed E-state index contributed by atoms with van der Waals surface area (Å²) >= 11 is 12.0. The molecule has 0 radical (unpaired) electrons. The first-order valence-electron chi connectivity index (χ1n) is 9.56. The number of amides is 1. The van der Waals surface area contributed by atoms with Crippen LogP contribution in [0.15, 0.2) is 88.8 Å². The second-order valence-electron chi connectivity index (χ2n) is 6.75. The quantitative estimate of drug-likeness (QED) is 0.316. The molecule has 0 saturated carbocycles. The van der Waals surface area contributed by atoms with E-state index in [9.17, 15) is 9.59 Å². The molecule has 0 bridgehead atoms. The minimum Gasteiger partial charge on any atom is -0.267 e. The Morgan fingerprint density at radius 1 is 0.938 bits per heavy atom. The third kappa shape index (κ3) is 4.61. The van der Waals surface area contributed by atoms with Crippen LogP contribution in [-0.2, 0) is 0 Å². The fourth-order valence-corrected chi connectivity index (χ4v) is 3.64. The first-order valence-corrected chi connectivity index (χ1v) is 10.3. The number of H-pyrrole nitrogens is 1. The van der Waals surface area contributed by atoms with Crippen molar-refractivity contribution < 1.29 is 4.79 Å². The Morgan fingerprint density at radius 3 is 2.25 bits per heavy atom. The number of carbonyl (C=O) groups excluding carboxylic acids is 1. The van der Waals surface area contributed by atoms with E-state index in [1.807, 2.05) is 60.7 Å². The summed E-state index contributed by atoms with van der Waals surface area (Å²) in [6, 6.07) is 23.3. The topological polar surface area (TPSA) is 87.2 Å². The summed E-state index contributed by atoms with van der Waals surface area (Å²) in [4.78, 5) is 25.7. The fourth-order valence-electron chi connectivity index (χ4n) is 3.18. The molecule has 32 heavy (non-hydrogen) atoms. The van der Waals surface area contributed by atoms with Gasteiger partial charge in [0.15, 0.2) is 0 Å². The van der Waals surface area contributed by atoms with Gasteiger partial charge < -0.3 is 0 Å². The molecule has 6 nitrogen and oxygen atoms in total. The lowest BCUT2D eigenvalue weighted by Crippen LogP contribution is -2.28. The molecule has 0 atom stereocenters. The van der Waals surface area contributed by atoms with Crippen LogP contribution in [0.4, 0.5) is 0 Å². The second kappa shape index (κ2) is 9.60. The van der Waals surface area contributed by atoms with Crippen LogP contribution < -0.4 is 11.0 Å². The number of rotatable bonds is 5. The van der Waals surface area contributed by atoms with Crippen LogP contribution in [0, 0.1) is 0 Å². The number of hydrogen-bond donors (Lipinski definition) is 2. The van der Waals surface area contributed by atoms with Crippen molar-refractivity contribution in [3.8, 4) is 22.4 Å². The van der Waals surface area contributed by atoms with Gasteiger partial charge in [0.25, 0.3) is 11.5 Å². The zero-order chi connectivity index (χ0) is 22.5. The van der Waals surface area contributed by atoms with E-state index in [2.05, 4.69) is 20.7 Å². The molecule has 1 heterocycles. The first kappa shape index (κ1) is 21.5. The molecule has 0 spiro atoms. The highest BCUT2D eigenvalue weighted by Crippen LogP contribution is 2.31. The molecule has 3 aromatic carbocycles. The van der Waals surface area contributed by atoms with Crippen molar-refractivity contribution in [2.75, 3.05) is 0 Å². The maximum Gasteiger partial charge on any atom is 0.277 e. The van der Waals surface area contributed by atoms with E-state index in [0.29, 0.717) is 32.4 Å². The summed E-state index contributed by atoms with van der Waals surface area (Å²) in [5.41, 5.74) is 4.59. The maximum atomic E-state index is 13.0. The summed E-state index contributed by atoms with van der Waals surface area (Å²) in [7, 11) is 0. The van der Waals surface area contributed by atoms with Crippen molar-refractivity contribution in [3.63, 3.8) is 0 Å². The van der Waals surface area contributed by atoms with Gasteiger partial charge in [0.05, 0.1) is 16.9 Å². The van der Waals surface area contributed by atoms with Crippen LogP contribution in [0.3, 0.4) is 0 Å². The molecular formula is C24H16Cl2N4O2. The summed E-state index contributed by atoms with van der Waals surface area (Å²) in [5, 5.41) is 11.5. The molecule has 0 aliphatic heterocycles. The molecule has 0 saturated heterocycles. The number of aromatic amines is 1. The maximum absolute atomic E-state index is 13.0. The Morgan fingerprint density at radius 2 is 1.59 bits per heavy atom. The number of carbonyl (C=O) groups is 1. The molecule has 8 heteroatoms. The largest absolute Gasteiger partial charge is 0.277 e. The highest BCUT2D eigenvalue weighted by molar-refractivity contribution is 6.36. The minimum absolute atomic E-state index is 0.0931. The SMILES string of the molecule is O=C(N/N=C/c1ccc(Cl)cc1Cl)c1c(-c2ccccc2)c(-c2ccccc2)n[nH]c1=O. The first-order chi connectivity index (χ1) is 15.5. The van der Waals surface area contributed by atoms with Gasteiger partial charge in [0.1, 0.15) is 5.56 Å². The molecule has 0 fully saturated rings. The Kier molecular flexibility index (Phi) is 6.44. The third-order valence-electron chi connectivity index (χ3n) is 4.65. The lowest BCUT2D eigenvalue weighted by molar-refractivity contribution is 0.0954. The number of hydrogen-bond acceptors (Lipinski definition) is 4. The molecular weight excluding hydrogens is 447 g/mol. The molecule has 0 aliphatic carbocycles. The van der Waals surface area contributed by atoms with Gasteiger partial charge in [0.2, 0.25) is 0 Å². The average Bonchev–Trinajstić information content (AvgIpc) is 2.81. The van der Waals surface area contributed by atoms with Crippen molar-refractivity contribution in [2.24, 2.45) is 5.10 Å². The number of benzene rings is 3. The van der Waals surface area contributed by atoms with Crippen LogP contribution in [0.25, 0.3) is 22.4 Å². The summed E-state index contributed by atoms with van der Waals surface area (Å²) < 4.78 is 0. The number of halogens is 2. The molecule has 1 amide bonds. The Balaban J connectivity index is 1.77. The standard InChI is InChI=1S/C24H16Cl2N4O2/c25-18-12-11-17(19(26)13-18)14-27-29-23(31)21-20(15-7-3-1-4-8-15)22(28-30-24(21)32)16-9-5-2-6-10-16/h1-14H,(H,29,31)(H,30,32)/b27-14+. The Hall–Kier alpha value is -3.74. The molecule has 4 rings (SSSR count). The van der Waals surface area contributed by atoms with E-state index in [0.717, 1.165) is 5.56 Å². The zero-order valence-corrected chi connectivity index (χ0v) is 18.1. The van der Waals surface area contributed by atoms with Crippen molar-refractivity contribution >= 4 is 35.3 Å². The number of nitrogens with one attached hydrogen (secondary N) is 2. The number of nitrogens with zero attached hydrogens (tertiary/aromatic N) is 2. The van der Waals surface area contributed by atoms with Crippen molar-refractivity contribution in [1.29, 1.82) is 0 Å². The summed E-state index contributed by atoms with van der Waals surface area (Å²) in [6.07, 6.45) is 1.38.